The molecule has 0 spiro atoms. The minimum Gasteiger partial charge on any atom is -0.309 e. The van der Waals surface area contributed by atoms with E-state index < -0.39 is 0 Å². The molecule has 1 aromatic heterocycles. The predicted octanol–water partition coefficient (Wildman–Crippen LogP) is 1.34. The van der Waals surface area contributed by atoms with Crippen molar-refractivity contribution < 1.29 is 0 Å². The molecule has 1 rings (SSSR count). The Bertz CT molecular complexity index is 310. The first-order valence-corrected chi connectivity index (χ1v) is 6.06. The Balaban J connectivity index is 2.24. The Hall–Kier alpha value is -0.680. The van der Waals surface area contributed by atoms with Crippen LogP contribution in [0.3, 0.4) is 0 Å². The van der Waals surface area contributed by atoms with Gasteiger partial charge in [-0.25, -0.2) is 0 Å². The van der Waals surface area contributed by atoms with Gasteiger partial charge in [0.15, 0.2) is 5.82 Å². The molecule has 1 aromatic rings. The zero-order valence-corrected chi connectivity index (χ0v) is 11.0. The van der Waals surface area contributed by atoms with Gasteiger partial charge >= 0.3 is 0 Å². The normalized spacial score (nSPS) is 12.0. The standard InChI is InChI=1S/C10H20ClN5/c1-10(2,5-4-6-11)8-12-7-9-13-15-16(3)14-9/h12H,4-8H2,1-3H3. The van der Waals surface area contributed by atoms with Gasteiger partial charge in [-0.2, -0.15) is 4.80 Å². The highest BCUT2D eigenvalue weighted by atomic mass is 35.5. The van der Waals surface area contributed by atoms with Gasteiger partial charge in [0.05, 0.1) is 13.6 Å². The topological polar surface area (TPSA) is 55.6 Å². The number of nitrogens with zero attached hydrogens (tertiary/aromatic N) is 4. The Morgan fingerprint density at radius 2 is 2.19 bits per heavy atom. The van der Waals surface area contributed by atoms with Gasteiger partial charge in [-0.15, -0.1) is 21.8 Å². The molecule has 0 unspecified atom stereocenters. The largest absolute Gasteiger partial charge is 0.309 e. The van der Waals surface area contributed by atoms with Crippen molar-refractivity contribution >= 4 is 11.6 Å². The van der Waals surface area contributed by atoms with E-state index in [1.807, 2.05) is 0 Å². The number of hydrogen-bond donors (Lipinski definition) is 1. The average Bonchev–Trinajstić information content (AvgIpc) is 2.61. The fourth-order valence-corrected chi connectivity index (χ4v) is 1.67. The fourth-order valence-electron chi connectivity index (χ4n) is 1.54. The van der Waals surface area contributed by atoms with Crippen molar-refractivity contribution in [1.29, 1.82) is 0 Å². The van der Waals surface area contributed by atoms with Crippen LogP contribution >= 0.6 is 11.6 Å². The molecule has 0 saturated carbocycles. The second-order valence-corrected chi connectivity index (χ2v) is 5.13. The Morgan fingerprint density at radius 1 is 1.44 bits per heavy atom. The van der Waals surface area contributed by atoms with Gasteiger partial charge in [0, 0.05) is 12.4 Å². The quantitative estimate of drug-likeness (QED) is 0.737. The average molecular weight is 246 g/mol. The molecule has 6 heteroatoms. The van der Waals surface area contributed by atoms with Crippen LogP contribution in [0, 0.1) is 5.41 Å². The minimum absolute atomic E-state index is 0.261. The number of halogens is 1. The Morgan fingerprint density at radius 3 is 2.75 bits per heavy atom. The molecular weight excluding hydrogens is 226 g/mol. The minimum atomic E-state index is 0.261. The van der Waals surface area contributed by atoms with E-state index in [-0.39, 0.29) is 5.41 Å². The van der Waals surface area contributed by atoms with Crippen molar-refractivity contribution in [2.45, 2.75) is 33.2 Å². The van der Waals surface area contributed by atoms with E-state index in [9.17, 15) is 0 Å². The molecule has 0 radical (unpaired) electrons. The van der Waals surface area contributed by atoms with Crippen molar-refractivity contribution in [3.8, 4) is 0 Å². The van der Waals surface area contributed by atoms with Gasteiger partial charge in [0.25, 0.3) is 0 Å². The van der Waals surface area contributed by atoms with Gasteiger partial charge in [-0.1, -0.05) is 13.8 Å². The molecule has 0 saturated heterocycles. The molecule has 0 atom stereocenters. The first-order valence-electron chi connectivity index (χ1n) is 5.53. The summed E-state index contributed by atoms with van der Waals surface area (Å²) in [7, 11) is 1.76. The lowest BCUT2D eigenvalue weighted by atomic mass is 9.88. The Kier molecular flexibility index (Phi) is 5.15. The number of rotatable bonds is 7. The van der Waals surface area contributed by atoms with E-state index in [0.717, 1.165) is 31.1 Å². The molecule has 0 amide bonds. The number of aryl methyl sites for hydroxylation is 1. The summed E-state index contributed by atoms with van der Waals surface area (Å²) in [6.07, 6.45) is 2.18. The lowest BCUT2D eigenvalue weighted by molar-refractivity contribution is 0.310. The van der Waals surface area contributed by atoms with Crippen LogP contribution in [0.4, 0.5) is 0 Å². The van der Waals surface area contributed by atoms with Crippen LogP contribution in [0.1, 0.15) is 32.5 Å². The molecule has 92 valence electrons. The predicted molar refractivity (Wildman–Crippen MR) is 64.2 cm³/mol. The number of hydrogen-bond acceptors (Lipinski definition) is 4. The third-order valence-electron chi connectivity index (χ3n) is 2.42. The highest BCUT2D eigenvalue weighted by molar-refractivity contribution is 6.17. The number of nitrogens with one attached hydrogen (secondary N) is 1. The lowest BCUT2D eigenvalue weighted by Gasteiger charge is -2.24. The fraction of sp³-hybridized carbons (Fsp3) is 0.900. The summed E-state index contributed by atoms with van der Waals surface area (Å²) in [4.78, 5) is 1.47. The maximum absolute atomic E-state index is 5.69. The van der Waals surface area contributed by atoms with Crippen LogP contribution < -0.4 is 5.32 Å². The van der Waals surface area contributed by atoms with Crippen LogP contribution in [0.5, 0.6) is 0 Å². The molecule has 0 aliphatic carbocycles. The molecule has 0 aliphatic rings. The van der Waals surface area contributed by atoms with Crippen molar-refractivity contribution in [1.82, 2.24) is 25.5 Å². The summed E-state index contributed by atoms with van der Waals surface area (Å²) in [5.41, 5.74) is 0.261. The van der Waals surface area contributed by atoms with E-state index in [4.69, 9.17) is 11.6 Å². The van der Waals surface area contributed by atoms with E-state index in [0.29, 0.717) is 6.54 Å². The smallest absolute Gasteiger partial charge is 0.188 e. The number of aromatic nitrogens is 4. The second kappa shape index (κ2) is 6.15. The van der Waals surface area contributed by atoms with Crippen LogP contribution in [0.15, 0.2) is 0 Å². The van der Waals surface area contributed by atoms with Crippen LogP contribution in [0.25, 0.3) is 0 Å². The number of tetrazole rings is 1. The van der Waals surface area contributed by atoms with Gasteiger partial charge in [0.2, 0.25) is 0 Å². The highest BCUT2D eigenvalue weighted by Crippen LogP contribution is 2.21. The monoisotopic (exact) mass is 245 g/mol. The molecule has 5 nitrogen and oxygen atoms in total. The van der Waals surface area contributed by atoms with E-state index in [1.165, 1.54) is 4.80 Å². The van der Waals surface area contributed by atoms with Gasteiger partial charge in [-0.3, -0.25) is 0 Å². The molecule has 16 heavy (non-hydrogen) atoms. The molecule has 0 bridgehead atoms. The first-order chi connectivity index (χ1) is 7.53. The second-order valence-electron chi connectivity index (χ2n) is 4.76. The van der Waals surface area contributed by atoms with E-state index in [2.05, 4.69) is 34.6 Å². The van der Waals surface area contributed by atoms with E-state index in [1.54, 1.807) is 7.05 Å². The first kappa shape index (κ1) is 13.4. The van der Waals surface area contributed by atoms with Crippen LogP contribution in [-0.2, 0) is 13.6 Å². The molecule has 0 aliphatic heterocycles. The van der Waals surface area contributed by atoms with Gasteiger partial charge < -0.3 is 5.32 Å². The molecule has 0 aromatic carbocycles. The highest BCUT2D eigenvalue weighted by Gasteiger charge is 2.16. The van der Waals surface area contributed by atoms with Crippen molar-refractivity contribution in [2.24, 2.45) is 12.5 Å². The molecule has 0 fully saturated rings. The van der Waals surface area contributed by atoms with Crippen molar-refractivity contribution in [3.05, 3.63) is 5.82 Å². The summed E-state index contributed by atoms with van der Waals surface area (Å²) in [6, 6.07) is 0. The summed E-state index contributed by atoms with van der Waals surface area (Å²) in [6.45, 7) is 6.06. The van der Waals surface area contributed by atoms with E-state index >= 15 is 0 Å². The summed E-state index contributed by atoms with van der Waals surface area (Å²) < 4.78 is 0. The zero-order valence-electron chi connectivity index (χ0n) is 10.2. The number of alkyl halides is 1. The summed E-state index contributed by atoms with van der Waals surface area (Å²) in [5, 5.41) is 15.1. The maximum atomic E-state index is 5.69. The SMILES string of the molecule is Cn1nnc(CNCC(C)(C)CCCCl)n1. The van der Waals surface area contributed by atoms with Gasteiger partial charge in [-0.05, 0) is 23.5 Å². The van der Waals surface area contributed by atoms with Crippen LogP contribution in [-0.4, -0.2) is 32.6 Å². The maximum Gasteiger partial charge on any atom is 0.188 e. The third kappa shape index (κ3) is 4.90. The molecular formula is C10H20ClN5. The lowest BCUT2D eigenvalue weighted by Crippen LogP contribution is -2.29. The summed E-state index contributed by atoms with van der Waals surface area (Å²) >= 11 is 5.69. The Labute approximate surface area is 102 Å². The molecule has 1 N–H and O–H groups in total. The zero-order chi connectivity index (χ0) is 12.0. The van der Waals surface area contributed by atoms with Crippen LogP contribution in [0.2, 0.25) is 0 Å². The van der Waals surface area contributed by atoms with Crippen molar-refractivity contribution in [3.63, 3.8) is 0 Å². The third-order valence-corrected chi connectivity index (χ3v) is 2.69. The summed E-state index contributed by atoms with van der Waals surface area (Å²) in [5.74, 6) is 1.46. The van der Waals surface area contributed by atoms with Gasteiger partial charge in [0.1, 0.15) is 0 Å². The van der Waals surface area contributed by atoms with Crippen molar-refractivity contribution in [2.75, 3.05) is 12.4 Å². The molecule has 1 heterocycles.